The van der Waals surface area contributed by atoms with Crippen molar-refractivity contribution >= 4 is 35.3 Å². The van der Waals surface area contributed by atoms with Gasteiger partial charge in [0.05, 0.1) is 0 Å². The fourth-order valence-corrected chi connectivity index (χ4v) is 4.17. The molecule has 0 aromatic heterocycles. The van der Waals surface area contributed by atoms with Crippen LogP contribution in [0, 0.1) is 0 Å². The second-order valence-electron chi connectivity index (χ2n) is 3.54. The molecule has 1 N–H and O–H groups in total. The van der Waals surface area contributed by atoms with Crippen molar-refractivity contribution in [1.82, 2.24) is 0 Å². The summed E-state index contributed by atoms with van der Waals surface area (Å²) in [5.74, 6) is 0.215. The van der Waals surface area contributed by atoms with E-state index in [0.29, 0.717) is 0 Å². The van der Waals surface area contributed by atoms with Crippen LogP contribution in [0.2, 0.25) is 0 Å². The molecule has 1 atom stereocenters. The largest absolute Gasteiger partial charge is 0.396 e. The third-order valence-corrected chi connectivity index (χ3v) is 5.16. The molecule has 16 heavy (non-hydrogen) atoms. The average molecular weight is 274 g/mol. The molecule has 0 saturated carbocycles. The van der Waals surface area contributed by atoms with Crippen molar-refractivity contribution in [2.24, 2.45) is 0 Å². The van der Waals surface area contributed by atoms with Crippen molar-refractivity contribution in [2.45, 2.75) is 27.5 Å². The summed E-state index contributed by atoms with van der Waals surface area (Å²) in [7, 11) is 0. The maximum Gasteiger partial charge on any atom is 0.0497 e. The molecule has 1 aromatic rings. The van der Waals surface area contributed by atoms with Crippen LogP contribution in [0.5, 0.6) is 0 Å². The highest BCUT2D eigenvalue weighted by atomic mass is 32.2. The van der Waals surface area contributed by atoms with Crippen LogP contribution in [-0.4, -0.2) is 30.5 Å². The highest BCUT2D eigenvalue weighted by Gasteiger charge is 2.12. The Kier molecular flexibility index (Phi) is 6.11. The molecule has 90 valence electrons. The monoisotopic (exact) mass is 274 g/mol. The van der Waals surface area contributed by atoms with E-state index < -0.39 is 0 Å². The zero-order valence-electron chi connectivity index (χ0n) is 10.1. The van der Waals surface area contributed by atoms with E-state index in [-0.39, 0.29) is 12.5 Å². The van der Waals surface area contributed by atoms with E-state index in [1.807, 2.05) is 0 Å². The van der Waals surface area contributed by atoms with E-state index in [2.05, 4.69) is 37.8 Å². The van der Waals surface area contributed by atoms with Crippen LogP contribution in [0.4, 0.5) is 0 Å². The summed E-state index contributed by atoms with van der Waals surface area (Å²) in [6.07, 6.45) is 6.32. The molecule has 0 radical (unpaired) electrons. The number of benzene rings is 1. The normalized spacial score (nSPS) is 12.8. The number of rotatable bonds is 5. The van der Waals surface area contributed by atoms with Gasteiger partial charge in [0.15, 0.2) is 0 Å². The minimum Gasteiger partial charge on any atom is -0.396 e. The van der Waals surface area contributed by atoms with Gasteiger partial charge in [-0.25, -0.2) is 0 Å². The third-order valence-electron chi connectivity index (χ3n) is 2.53. The second kappa shape index (κ2) is 6.84. The highest BCUT2D eigenvalue weighted by molar-refractivity contribution is 8.03. The summed E-state index contributed by atoms with van der Waals surface area (Å²) >= 11 is 5.35. The Labute approximate surface area is 111 Å². The molecule has 0 aliphatic carbocycles. The second-order valence-corrected chi connectivity index (χ2v) is 6.05. The lowest BCUT2D eigenvalue weighted by Gasteiger charge is -2.15. The first-order valence-electron chi connectivity index (χ1n) is 5.08. The molecule has 0 fully saturated rings. The third kappa shape index (κ3) is 3.13. The molecule has 4 heteroatoms. The topological polar surface area (TPSA) is 20.2 Å². The van der Waals surface area contributed by atoms with Gasteiger partial charge in [-0.05, 0) is 36.5 Å². The molecule has 0 aliphatic heterocycles. The zero-order chi connectivity index (χ0) is 12.1. The fourth-order valence-electron chi connectivity index (χ4n) is 1.49. The van der Waals surface area contributed by atoms with Crippen molar-refractivity contribution in [1.29, 1.82) is 0 Å². The van der Waals surface area contributed by atoms with Crippen molar-refractivity contribution in [3.05, 3.63) is 17.7 Å². The molecule has 0 bridgehead atoms. The molecule has 1 aromatic carbocycles. The number of thioether (sulfide) groups is 3. The fraction of sp³-hybridized carbons (Fsp3) is 0.500. The average Bonchev–Trinajstić information content (AvgIpc) is 2.35. The summed E-state index contributed by atoms with van der Waals surface area (Å²) in [6.45, 7) is 2.27. The van der Waals surface area contributed by atoms with E-state index in [1.165, 1.54) is 20.2 Å². The molecule has 0 amide bonds. The Morgan fingerprint density at radius 3 is 1.88 bits per heavy atom. The van der Waals surface area contributed by atoms with Crippen LogP contribution in [0.25, 0.3) is 0 Å². The maximum absolute atomic E-state index is 9.22. The van der Waals surface area contributed by atoms with Crippen LogP contribution in [0.15, 0.2) is 26.8 Å². The molecule has 0 saturated heterocycles. The first kappa shape index (κ1) is 14.3. The SMILES string of the molecule is CSc1cc(C(C)CO)cc(SC)c1SC. The number of aliphatic hydroxyl groups is 1. The van der Waals surface area contributed by atoms with Gasteiger partial charge in [0.25, 0.3) is 0 Å². The molecule has 0 aliphatic rings. The summed E-state index contributed by atoms with van der Waals surface area (Å²) in [6, 6.07) is 4.41. The van der Waals surface area contributed by atoms with Gasteiger partial charge >= 0.3 is 0 Å². The van der Waals surface area contributed by atoms with Gasteiger partial charge in [-0.1, -0.05) is 6.92 Å². The molecule has 0 heterocycles. The molecule has 1 rings (SSSR count). The predicted molar refractivity (Wildman–Crippen MR) is 77.3 cm³/mol. The Morgan fingerprint density at radius 1 is 1.06 bits per heavy atom. The van der Waals surface area contributed by atoms with Crippen molar-refractivity contribution in [2.75, 3.05) is 25.4 Å². The lowest BCUT2D eigenvalue weighted by Crippen LogP contribution is -2.00. The van der Waals surface area contributed by atoms with Gasteiger partial charge in [0.2, 0.25) is 0 Å². The Morgan fingerprint density at radius 2 is 1.56 bits per heavy atom. The van der Waals surface area contributed by atoms with Crippen LogP contribution in [-0.2, 0) is 0 Å². The summed E-state index contributed by atoms with van der Waals surface area (Å²) in [5, 5.41) is 9.22. The summed E-state index contributed by atoms with van der Waals surface area (Å²) in [5.41, 5.74) is 1.23. The molecular formula is C12H18OS3. The van der Waals surface area contributed by atoms with Crippen LogP contribution < -0.4 is 0 Å². The van der Waals surface area contributed by atoms with E-state index >= 15 is 0 Å². The van der Waals surface area contributed by atoms with Gasteiger partial charge in [0.1, 0.15) is 0 Å². The number of aliphatic hydroxyl groups excluding tert-OH is 1. The molecule has 1 nitrogen and oxygen atoms in total. The van der Waals surface area contributed by atoms with Gasteiger partial charge in [-0.2, -0.15) is 0 Å². The smallest absolute Gasteiger partial charge is 0.0497 e. The molecular weight excluding hydrogens is 256 g/mol. The zero-order valence-corrected chi connectivity index (χ0v) is 12.6. The Balaban J connectivity index is 3.25. The lowest BCUT2D eigenvalue weighted by molar-refractivity contribution is 0.273. The first-order valence-corrected chi connectivity index (χ1v) is 8.76. The van der Waals surface area contributed by atoms with Crippen molar-refractivity contribution < 1.29 is 5.11 Å². The summed E-state index contributed by atoms with van der Waals surface area (Å²) in [4.78, 5) is 3.98. The minimum absolute atomic E-state index is 0.209. The van der Waals surface area contributed by atoms with Gasteiger partial charge < -0.3 is 5.11 Å². The predicted octanol–water partition coefficient (Wildman–Crippen LogP) is 3.95. The van der Waals surface area contributed by atoms with E-state index in [1.54, 1.807) is 35.3 Å². The van der Waals surface area contributed by atoms with Crippen molar-refractivity contribution in [3.63, 3.8) is 0 Å². The minimum atomic E-state index is 0.209. The number of hydrogen-bond acceptors (Lipinski definition) is 4. The standard InChI is InChI=1S/C12H18OS3/c1-8(7-13)9-5-10(14-2)12(16-4)11(6-9)15-3/h5-6,8,13H,7H2,1-4H3. The van der Waals surface area contributed by atoms with Crippen LogP contribution >= 0.6 is 35.3 Å². The van der Waals surface area contributed by atoms with Crippen LogP contribution in [0.1, 0.15) is 18.4 Å². The first-order chi connectivity index (χ1) is 7.67. The summed E-state index contributed by atoms with van der Waals surface area (Å²) < 4.78 is 0. The number of hydrogen-bond donors (Lipinski definition) is 1. The Hall–Kier alpha value is 0.230. The molecule has 1 unspecified atom stereocenters. The molecule has 0 spiro atoms. The quantitative estimate of drug-likeness (QED) is 0.820. The van der Waals surface area contributed by atoms with E-state index in [9.17, 15) is 5.11 Å². The van der Waals surface area contributed by atoms with Gasteiger partial charge in [0, 0.05) is 27.2 Å². The van der Waals surface area contributed by atoms with Crippen LogP contribution in [0.3, 0.4) is 0 Å². The Bertz CT molecular complexity index is 327. The van der Waals surface area contributed by atoms with Gasteiger partial charge in [-0.3, -0.25) is 0 Å². The lowest BCUT2D eigenvalue weighted by atomic mass is 10.0. The van der Waals surface area contributed by atoms with E-state index in [0.717, 1.165) is 0 Å². The maximum atomic E-state index is 9.22. The van der Waals surface area contributed by atoms with Gasteiger partial charge in [-0.15, -0.1) is 35.3 Å². The van der Waals surface area contributed by atoms with E-state index in [4.69, 9.17) is 0 Å². The van der Waals surface area contributed by atoms with Crippen molar-refractivity contribution in [3.8, 4) is 0 Å². The highest BCUT2D eigenvalue weighted by Crippen LogP contribution is 2.38.